The molecule has 0 aliphatic rings. The molecule has 0 aromatic heterocycles. The first-order chi connectivity index (χ1) is 36.9. The summed E-state index contributed by atoms with van der Waals surface area (Å²) in [6.07, 6.45) is 17.3. The van der Waals surface area contributed by atoms with Crippen LogP contribution in [0.15, 0.2) is 178 Å². The predicted octanol–water partition coefficient (Wildman–Crippen LogP) is 18.7. The molecule has 0 aliphatic carbocycles. The predicted molar refractivity (Wildman–Crippen MR) is 306 cm³/mol. The maximum atomic E-state index is 13.8. The summed E-state index contributed by atoms with van der Waals surface area (Å²) in [4.78, 5) is 13.8. The van der Waals surface area contributed by atoms with Gasteiger partial charge in [0.2, 0.25) is 0 Å². The molecule has 0 spiro atoms. The number of nitrogens with zero attached hydrogens (tertiary/aromatic N) is 4. The number of amides is 1. The highest BCUT2D eigenvalue weighted by atomic mass is 16.5. The van der Waals surface area contributed by atoms with Gasteiger partial charge in [-0.3, -0.25) is 4.79 Å². The van der Waals surface area contributed by atoms with Crippen LogP contribution in [0, 0.1) is 0 Å². The van der Waals surface area contributed by atoms with Crippen molar-refractivity contribution in [3.63, 3.8) is 0 Å². The van der Waals surface area contributed by atoms with Crippen LogP contribution >= 0.6 is 0 Å². The molecule has 392 valence electrons. The molecule has 7 rings (SSSR count). The average molecular weight is 1010 g/mol. The maximum Gasteiger partial charge on any atom is 0.252 e. The second kappa shape index (κ2) is 31.4. The van der Waals surface area contributed by atoms with Gasteiger partial charge < -0.3 is 24.3 Å². The summed E-state index contributed by atoms with van der Waals surface area (Å²) in [6.45, 7) is 8.79. The lowest BCUT2D eigenvalue weighted by Gasteiger charge is -2.17. The van der Waals surface area contributed by atoms with Gasteiger partial charge in [0, 0.05) is 11.6 Å². The number of aryl methyl sites for hydroxylation is 2. The van der Waals surface area contributed by atoms with Crippen molar-refractivity contribution in [2.75, 3.05) is 26.4 Å². The smallest absolute Gasteiger partial charge is 0.252 e. The first-order valence-corrected chi connectivity index (χ1v) is 27.6. The lowest BCUT2D eigenvalue weighted by molar-refractivity contribution is 0.0938. The molecule has 7 aromatic rings. The van der Waals surface area contributed by atoms with E-state index in [0.717, 1.165) is 109 Å². The Morgan fingerprint density at radius 1 is 0.413 bits per heavy atom. The zero-order valence-electron chi connectivity index (χ0n) is 44.6. The lowest BCUT2D eigenvalue weighted by Crippen LogP contribution is -2.26. The van der Waals surface area contributed by atoms with Gasteiger partial charge >= 0.3 is 0 Å². The Hall–Kier alpha value is -7.33. The summed E-state index contributed by atoms with van der Waals surface area (Å²) in [6, 6.07) is 52.1. The van der Waals surface area contributed by atoms with E-state index in [1.54, 1.807) is 0 Å². The monoisotopic (exact) mass is 1010 g/mol. The molecule has 1 atom stereocenters. The van der Waals surface area contributed by atoms with Gasteiger partial charge in [0.05, 0.1) is 55.2 Å². The van der Waals surface area contributed by atoms with Crippen LogP contribution in [0.5, 0.6) is 23.0 Å². The van der Waals surface area contributed by atoms with E-state index in [-0.39, 0.29) is 11.9 Å². The van der Waals surface area contributed by atoms with Gasteiger partial charge in [-0.25, -0.2) is 0 Å². The van der Waals surface area contributed by atoms with Crippen LogP contribution in [-0.2, 0) is 12.8 Å². The van der Waals surface area contributed by atoms with E-state index >= 15 is 0 Å². The molecule has 0 heterocycles. The van der Waals surface area contributed by atoms with Crippen molar-refractivity contribution in [2.24, 2.45) is 20.5 Å². The molecule has 10 heteroatoms. The number of fused-ring (bicyclic) bond motifs is 1. The Morgan fingerprint density at radius 3 is 1.24 bits per heavy atom. The molecule has 0 radical (unpaired) electrons. The van der Waals surface area contributed by atoms with Crippen molar-refractivity contribution in [2.45, 2.75) is 130 Å². The van der Waals surface area contributed by atoms with E-state index in [9.17, 15) is 4.79 Å². The first kappa shape index (κ1) is 55.4. The molecule has 0 saturated heterocycles. The standard InChI is InChI=1S/C65H77N5O5/c1-4-6-12-20-51-24-30-57(31-25-51)67-69-59-34-38-61(39-35-59)72-42-16-8-10-18-44-74-63-47-56(65(71)66-50(3)54-29-28-53-22-14-15-23-55(53)46-54)48-64(49-63)75-45-19-11-9-17-43-73-62-40-36-60(37-41-62)70-68-58-32-26-52(27-33-58)21-13-7-5-2/h14-15,22-41,46-50H,4-13,16-21,42-45H2,1-3H3,(H,66,71)/t50-/m1/s1. The van der Waals surface area contributed by atoms with Crippen molar-refractivity contribution in [3.05, 3.63) is 180 Å². The van der Waals surface area contributed by atoms with Gasteiger partial charge in [-0.05, 0) is 202 Å². The van der Waals surface area contributed by atoms with Crippen LogP contribution in [-0.4, -0.2) is 32.3 Å². The fourth-order valence-electron chi connectivity index (χ4n) is 8.65. The van der Waals surface area contributed by atoms with Crippen molar-refractivity contribution < 1.29 is 23.7 Å². The number of hydrogen-bond acceptors (Lipinski definition) is 9. The van der Waals surface area contributed by atoms with Crippen LogP contribution in [0.1, 0.15) is 144 Å². The highest BCUT2D eigenvalue weighted by molar-refractivity contribution is 5.95. The quantitative estimate of drug-likeness (QED) is 0.0325. The van der Waals surface area contributed by atoms with Gasteiger partial charge in [-0.1, -0.05) is 100 Å². The summed E-state index contributed by atoms with van der Waals surface area (Å²) in [5.74, 6) is 2.70. The van der Waals surface area contributed by atoms with E-state index in [2.05, 4.69) is 94.2 Å². The third-order valence-corrected chi connectivity index (χ3v) is 13.2. The van der Waals surface area contributed by atoms with E-state index in [1.807, 2.05) is 110 Å². The van der Waals surface area contributed by atoms with Crippen LogP contribution in [0.3, 0.4) is 0 Å². The summed E-state index contributed by atoms with van der Waals surface area (Å²) in [5.41, 5.74) is 7.51. The van der Waals surface area contributed by atoms with Gasteiger partial charge in [0.25, 0.3) is 5.91 Å². The molecular formula is C65H77N5O5. The Bertz CT molecular complexity index is 2670. The van der Waals surface area contributed by atoms with Crippen molar-refractivity contribution in [1.29, 1.82) is 0 Å². The highest BCUT2D eigenvalue weighted by Gasteiger charge is 2.15. The Kier molecular flexibility index (Phi) is 23.2. The van der Waals surface area contributed by atoms with Gasteiger partial charge in [0.1, 0.15) is 23.0 Å². The maximum absolute atomic E-state index is 13.8. The van der Waals surface area contributed by atoms with Gasteiger partial charge in [-0.2, -0.15) is 20.5 Å². The molecular weight excluding hydrogens is 931 g/mol. The Morgan fingerprint density at radius 2 is 0.813 bits per heavy atom. The zero-order chi connectivity index (χ0) is 52.1. The highest BCUT2D eigenvalue weighted by Crippen LogP contribution is 2.28. The van der Waals surface area contributed by atoms with Gasteiger partial charge in [0.15, 0.2) is 0 Å². The normalized spacial score (nSPS) is 11.8. The summed E-state index contributed by atoms with van der Waals surface area (Å²) >= 11 is 0. The Labute approximate surface area is 446 Å². The molecule has 1 N–H and O–H groups in total. The molecule has 1 amide bonds. The van der Waals surface area contributed by atoms with Crippen molar-refractivity contribution >= 4 is 39.4 Å². The minimum absolute atomic E-state index is 0.179. The second-order valence-electron chi connectivity index (χ2n) is 19.4. The fraction of sp³-hybridized carbons (Fsp3) is 0.369. The summed E-state index contributed by atoms with van der Waals surface area (Å²) in [7, 11) is 0. The topological polar surface area (TPSA) is 115 Å². The number of carbonyl (C=O) groups excluding carboxylic acids is 1. The molecule has 0 aliphatic heterocycles. The minimum Gasteiger partial charge on any atom is -0.494 e. The molecule has 75 heavy (non-hydrogen) atoms. The van der Waals surface area contributed by atoms with Crippen LogP contribution in [0.2, 0.25) is 0 Å². The SMILES string of the molecule is CCCCCc1ccc(N=Nc2ccc(OCCCCCCOc3cc(OCCCCCCOc4ccc(N=Nc5ccc(CCCCC)cc5)cc4)cc(C(=O)N[C@H](C)c4ccc5ccccc5c4)c3)cc2)cc1. The largest absolute Gasteiger partial charge is 0.494 e. The number of carbonyl (C=O) groups is 1. The molecule has 0 bridgehead atoms. The van der Waals surface area contributed by atoms with Crippen LogP contribution in [0.4, 0.5) is 22.7 Å². The minimum atomic E-state index is -0.196. The molecule has 0 unspecified atom stereocenters. The third-order valence-electron chi connectivity index (χ3n) is 13.2. The second-order valence-corrected chi connectivity index (χ2v) is 19.4. The Balaban J connectivity index is 0.812. The number of nitrogens with one attached hydrogen (secondary N) is 1. The summed E-state index contributed by atoms with van der Waals surface area (Å²) in [5, 5.41) is 23.1. The van der Waals surface area contributed by atoms with Crippen LogP contribution < -0.4 is 24.3 Å². The van der Waals surface area contributed by atoms with Crippen molar-refractivity contribution in [3.8, 4) is 23.0 Å². The fourth-order valence-corrected chi connectivity index (χ4v) is 8.65. The summed E-state index contributed by atoms with van der Waals surface area (Å²) < 4.78 is 24.6. The van der Waals surface area contributed by atoms with Crippen molar-refractivity contribution in [1.82, 2.24) is 5.32 Å². The first-order valence-electron chi connectivity index (χ1n) is 27.6. The third kappa shape index (κ3) is 19.8. The number of benzene rings is 7. The number of rotatable bonds is 33. The van der Waals surface area contributed by atoms with E-state index in [1.165, 1.54) is 55.0 Å². The number of unbranched alkanes of at least 4 members (excludes halogenated alkanes) is 10. The number of hydrogen-bond donors (Lipinski definition) is 1. The molecule has 10 nitrogen and oxygen atoms in total. The number of ether oxygens (including phenoxy) is 4. The average Bonchev–Trinajstić information content (AvgIpc) is 3.44. The number of azo groups is 2. The van der Waals surface area contributed by atoms with E-state index < -0.39 is 0 Å². The van der Waals surface area contributed by atoms with Gasteiger partial charge in [-0.15, -0.1) is 0 Å². The van der Waals surface area contributed by atoms with E-state index in [4.69, 9.17) is 18.9 Å². The lowest BCUT2D eigenvalue weighted by atomic mass is 10.0. The zero-order valence-corrected chi connectivity index (χ0v) is 44.6. The molecule has 7 aromatic carbocycles. The molecule has 0 saturated carbocycles. The molecule has 0 fully saturated rings. The van der Waals surface area contributed by atoms with E-state index in [0.29, 0.717) is 43.5 Å². The van der Waals surface area contributed by atoms with Crippen LogP contribution in [0.25, 0.3) is 10.8 Å².